The third-order valence-electron chi connectivity index (χ3n) is 3.36. The maximum Gasteiger partial charge on any atom is 0.310 e. The molecule has 0 fully saturated rings. The van der Waals surface area contributed by atoms with Crippen LogP contribution in [0.25, 0.3) is 0 Å². The number of hydrogen-bond acceptors (Lipinski definition) is 5. The Balaban J connectivity index is 1.91. The fourth-order valence-corrected chi connectivity index (χ4v) is 2.09. The number of carbonyl (C=O) groups excluding carboxylic acids is 1. The van der Waals surface area contributed by atoms with E-state index in [1.54, 1.807) is 33.5 Å². The van der Waals surface area contributed by atoms with Crippen molar-refractivity contribution in [3.8, 4) is 17.2 Å². The van der Waals surface area contributed by atoms with Crippen molar-refractivity contribution in [2.75, 3.05) is 21.3 Å². The molecule has 2 aromatic rings. The van der Waals surface area contributed by atoms with Gasteiger partial charge in [-0.2, -0.15) is 0 Å². The summed E-state index contributed by atoms with van der Waals surface area (Å²) in [5, 5.41) is 0. The van der Waals surface area contributed by atoms with Crippen LogP contribution in [-0.4, -0.2) is 27.3 Å². The molecule has 0 aliphatic carbocycles. The molecule has 5 heteroatoms. The van der Waals surface area contributed by atoms with Crippen LogP contribution < -0.4 is 14.2 Å². The van der Waals surface area contributed by atoms with E-state index in [4.69, 9.17) is 18.9 Å². The van der Waals surface area contributed by atoms with Crippen molar-refractivity contribution in [3.63, 3.8) is 0 Å². The third kappa shape index (κ3) is 4.64. The van der Waals surface area contributed by atoms with Gasteiger partial charge < -0.3 is 18.9 Å². The second-order valence-electron chi connectivity index (χ2n) is 4.87. The van der Waals surface area contributed by atoms with Crippen LogP contribution in [0.5, 0.6) is 17.2 Å². The molecule has 0 N–H and O–H groups in total. The van der Waals surface area contributed by atoms with Crippen LogP contribution in [0.3, 0.4) is 0 Å². The Labute approximate surface area is 135 Å². The van der Waals surface area contributed by atoms with E-state index in [2.05, 4.69) is 0 Å². The van der Waals surface area contributed by atoms with Crippen molar-refractivity contribution < 1.29 is 23.7 Å². The van der Waals surface area contributed by atoms with Gasteiger partial charge in [-0.05, 0) is 35.4 Å². The highest BCUT2D eigenvalue weighted by Gasteiger charge is 2.09. The average molecular weight is 316 g/mol. The summed E-state index contributed by atoms with van der Waals surface area (Å²) in [6.07, 6.45) is 0.177. The lowest BCUT2D eigenvalue weighted by atomic mass is 10.1. The zero-order chi connectivity index (χ0) is 16.7. The second-order valence-corrected chi connectivity index (χ2v) is 4.87. The largest absolute Gasteiger partial charge is 0.497 e. The van der Waals surface area contributed by atoms with Crippen molar-refractivity contribution in [1.29, 1.82) is 0 Å². The molecule has 0 amide bonds. The number of benzene rings is 2. The van der Waals surface area contributed by atoms with Crippen LogP contribution in [-0.2, 0) is 22.6 Å². The van der Waals surface area contributed by atoms with Gasteiger partial charge in [-0.15, -0.1) is 0 Å². The minimum atomic E-state index is -0.298. The van der Waals surface area contributed by atoms with Crippen LogP contribution in [0, 0.1) is 0 Å². The minimum Gasteiger partial charge on any atom is -0.497 e. The highest BCUT2D eigenvalue weighted by Crippen LogP contribution is 2.27. The Hall–Kier alpha value is -2.69. The predicted molar refractivity (Wildman–Crippen MR) is 86.0 cm³/mol. The lowest BCUT2D eigenvalue weighted by molar-refractivity contribution is -0.144. The molecule has 23 heavy (non-hydrogen) atoms. The molecule has 0 heterocycles. The number of ether oxygens (including phenoxy) is 4. The van der Waals surface area contributed by atoms with E-state index >= 15 is 0 Å². The smallest absolute Gasteiger partial charge is 0.310 e. The highest BCUT2D eigenvalue weighted by molar-refractivity contribution is 5.73. The Morgan fingerprint density at radius 3 is 2.09 bits per heavy atom. The predicted octanol–water partition coefficient (Wildman–Crippen LogP) is 3.00. The van der Waals surface area contributed by atoms with E-state index < -0.39 is 0 Å². The number of rotatable bonds is 7. The monoisotopic (exact) mass is 316 g/mol. The van der Waals surface area contributed by atoms with Crippen molar-refractivity contribution in [3.05, 3.63) is 53.6 Å². The molecule has 0 spiro atoms. The first-order valence-corrected chi connectivity index (χ1v) is 7.15. The van der Waals surface area contributed by atoms with Gasteiger partial charge in [0.15, 0.2) is 11.5 Å². The molecule has 0 saturated carbocycles. The van der Waals surface area contributed by atoms with Gasteiger partial charge in [-0.3, -0.25) is 4.79 Å². The van der Waals surface area contributed by atoms with Crippen LogP contribution >= 0.6 is 0 Å². The van der Waals surface area contributed by atoms with Gasteiger partial charge >= 0.3 is 5.97 Å². The number of carbonyl (C=O) groups is 1. The van der Waals surface area contributed by atoms with Gasteiger partial charge in [-0.25, -0.2) is 0 Å². The number of methoxy groups -OCH3 is 3. The average Bonchev–Trinajstić information content (AvgIpc) is 2.60. The molecule has 122 valence electrons. The van der Waals surface area contributed by atoms with Crippen molar-refractivity contribution in [1.82, 2.24) is 0 Å². The highest BCUT2D eigenvalue weighted by atomic mass is 16.5. The molecule has 0 bridgehead atoms. The summed E-state index contributed by atoms with van der Waals surface area (Å²) < 4.78 is 20.8. The van der Waals surface area contributed by atoms with Crippen molar-refractivity contribution in [2.24, 2.45) is 0 Å². The van der Waals surface area contributed by atoms with Crippen LogP contribution in [0.15, 0.2) is 42.5 Å². The molecule has 0 atom stereocenters. The normalized spacial score (nSPS) is 10.0. The molecule has 0 aliphatic heterocycles. The summed E-state index contributed by atoms with van der Waals surface area (Å²) in [4.78, 5) is 11.9. The zero-order valence-corrected chi connectivity index (χ0v) is 13.5. The van der Waals surface area contributed by atoms with E-state index in [1.807, 2.05) is 30.3 Å². The Kier molecular flexibility index (Phi) is 5.86. The summed E-state index contributed by atoms with van der Waals surface area (Å²) >= 11 is 0. The quantitative estimate of drug-likeness (QED) is 0.735. The van der Waals surface area contributed by atoms with Crippen molar-refractivity contribution in [2.45, 2.75) is 13.0 Å². The molecule has 0 unspecified atom stereocenters. The third-order valence-corrected chi connectivity index (χ3v) is 3.36. The molecular formula is C18H20O5. The van der Waals surface area contributed by atoms with Crippen molar-refractivity contribution >= 4 is 5.97 Å². The Bertz CT molecular complexity index is 649. The molecular weight excluding hydrogens is 296 g/mol. The molecule has 0 aliphatic rings. The maximum atomic E-state index is 11.9. The lowest BCUT2D eigenvalue weighted by Gasteiger charge is -2.10. The van der Waals surface area contributed by atoms with Crippen LogP contribution in [0.1, 0.15) is 11.1 Å². The van der Waals surface area contributed by atoms with E-state index in [9.17, 15) is 4.79 Å². The molecule has 2 aromatic carbocycles. The second kappa shape index (κ2) is 8.08. The maximum absolute atomic E-state index is 11.9. The van der Waals surface area contributed by atoms with E-state index in [-0.39, 0.29) is 19.0 Å². The van der Waals surface area contributed by atoms with E-state index in [0.717, 1.165) is 16.9 Å². The first-order chi connectivity index (χ1) is 11.2. The topological polar surface area (TPSA) is 54.0 Å². The summed E-state index contributed by atoms with van der Waals surface area (Å²) in [6.45, 7) is 0.232. The van der Waals surface area contributed by atoms with Gasteiger partial charge in [0.1, 0.15) is 12.4 Å². The summed E-state index contributed by atoms with van der Waals surface area (Å²) in [5.74, 6) is 1.69. The molecule has 5 nitrogen and oxygen atoms in total. The summed E-state index contributed by atoms with van der Waals surface area (Å²) in [7, 11) is 4.74. The van der Waals surface area contributed by atoms with E-state index in [1.165, 1.54) is 0 Å². The lowest BCUT2D eigenvalue weighted by Crippen LogP contribution is -2.08. The van der Waals surface area contributed by atoms with Crippen LogP contribution in [0.2, 0.25) is 0 Å². The summed E-state index contributed by atoms with van der Waals surface area (Å²) in [5.41, 5.74) is 1.72. The van der Waals surface area contributed by atoms with Crippen LogP contribution in [0.4, 0.5) is 0 Å². The fraction of sp³-hybridized carbons (Fsp3) is 0.278. The molecule has 2 rings (SSSR count). The summed E-state index contributed by atoms with van der Waals surface area (Å²) in [6, 6.07) is 12.7. The van der Waals surface area contributed by atoms with Gasteiger partial charge in [0.25, 0.3) is 0 Å². The van der Waals surface area contributed by atoms with Gasteiger partial charge in [0.2, 0.25) is 0 Å². The first-order valence-electron chi connectivity index (χ1n) is 7.15. The first kappa shape index (κ1) is 16.7. The Morgan fingerprint density at radius 2 is 1.48 bits per heavy atom. The molecule has 0 saturated heterocycles. The minimum absolute atomic E-state index is 0.177. The molecule has 0 aromatic heterocycles. The number of hydrogen-bond donors (Lipinski definition) is 0. The SMILES string of the molecule is COc1ccc(COC(=O)Cc2ccc(OC)c(OC)c2)cc1. The van der Waals surface area contributed by atoms with Gasteiger partial charge in [0.05, 0.1) is 27.8 Å². The van der Waals surface area contributed by atoms with Gasteiger partial charge in [0, 0.05) is 0 Å². The van der Waals surface area contributed by atoms with E-state index in [0.29, 0.717) is 11.5 Å². The fourth-order valence-electron chi connectivity index (χ4n) is 2.09. The standard InChI is InChI=1S/C18H20O5/c1-20-15-7-4-13(5-8-15)12-23-18(19)11-14-6-9-16(21-2)17(10-14)22-3/h4-10H,11-12H2,1-3H3. The molecule has 0 radical (unpaired) electrons. The zero-order valence-electron chi connectivity index (χ0n) is 13.5. The Morgan fingerprint density at radius 1 is 0.826 bits per heavy atom. The van der Waals surface area contributed by atoms with Gasteiger partial charge in [-0.1, -0.05) is 18.2 Å². The number of esters is 1.